The Bertz CT molecular complexity index is 1110. The van der Waals surface area contributed by atoms with Crippen LogP contribution in [0.3, 0.4) is 0 Å². The normalized spacial score (nSPS) is 11.4. The van der Waals surface area contributed by atoms with Gasteiger partial charge in [0.15, 0.2) is 5.65 Å². The average molecular weight is 328 g/mol. The summed E-state index contributed by atoms with van der Waals surface area (Å²) in [5.74, 6) is 0. The van der Waals surface area contributed by atoms with E-state index in [4.69, 9.17) is 0 Å². The quantitative estimate of drug-likeness (QED) is 0.579. The van der Waals surface area contributed by atoms with E-state index in [2.05, 4.69) is 9.97 Å². The Morgan fingerprint density at radius 3 is 2.64 bits per heavy atom. The number of aromatic nitrogens is 4. The minimum absolute atomic E-state index is 0.124. The van der Waals surface area contributed by atoms with Crippen molar-refractivity contribution in [3.8, 4) is 5.69 Å². The van der Waals surface area contributed by atoms with Gasteiger partial charge in [0, 0.05) is 30.7 Å². The van der Waals surface area contributed by atoms with E-state index in [9.17, 15) is 4.79 Å². The van der Waals surface area contributed by atoms with Gasteiger partial charge in [-0.2, -0.15) is 4.52 Å². The van der Waals surface area contributed by atoms with E-state index in [1.807, 2.05) is 67.7 Å². The van der Waals surface area contributed by atoms with Gasteiger partial charge in [0.05, 0.1) is 11.4 Å². The molecule has 122 valence electrons. The number of rotatable bonds is 3. The molecule has 3 aromatic heterocycles. The van der Waals surface area contributed by atoms with Crippen LogP contribution in [0.15, 0.2) is 71.9 Å². The van der Waals surface area contributed by atoms with Crippen LogP contribution in [-0.4, -0.2) is 19.2 Å². The number of nitrogens with zero attached hydrogens (tertiary/aromatic N) is 4. The Hall–Kier alpha value is -3.47. The lowest BCUT2D eigenvalue weighted by Crippen LogP contribution is -2.19. The van der Waals surface area contributed by atoms with Gasteiger partial charge in [-0.3, -0.25) is 14.5 Å². The van der Waals surface area contributed by atoms with Crippen LogP contribution >= 0.6 is 0 Å². The van der Waals surface area contributed by atoms with Crippen molar-refractivity contribution < 1.29 is 0 Å². The third kappa shape index (κ3) is 2.99. The van der Waals surface area contributed by atoms with Crippen molar-refractivity contribution in [3.63, 3.8) is 0 Å². The van der Waals surface area contributed by atoms with Crippen LogP contribution in [0.25, 0.3) is 23.5 Å². The molecule has 0 spiro atoms. The summed E-state index contributed by atoms with van der Waals surface area (Å²) >= 11 is 0. The van der Waals surface area contributed by atoms with E-state index in [1.54, 1.807) is 21.6 Å². The molecule has 25 heavy (non-hydrogen) atoms. The van der Waals surface area contributed by atoms with Crippen molar-refractivity contribution in [1.82, 2.24) is 19.2 Å². The van der Waals surface area contributed by atoms with Crippen LogP contribution in [0.4, 0.5) is 0 Å². The first-order valence-electron chi connectivity index (χ1n) is 7.97. The Morgan fingerprint density at radius 2 is 1.88 bits per heavy atom. The van der Waals surface area contributed by atoms with E-state index >= 15 is 0 Å². The smallest absolute Gasteiger partial charge is 0.267 e. The van der Waals surface area contributed by atoms with Crippen LogP contribution in [0.5, 0.6) is 0 Å². The summed E-state index contributed by atoms with van der Waals surface area (Å²) in [4.78, 5) is 21.2. The van der Waals surface area contributed by atoms with Crippen molar-refractivity contribution in [2.45, 2.75) is 6.92 Å². The first kappa shape index (κ1) is 15.1. The molecule has 0 aliphatic carbocycles. The number of benzene rings is 1. The van der Waals surface area contributed by atoms with Gasteiger partial charge in [0.1, 0.15) is 0 Å². The Morgan fingerprint density at radius 1 is 1.04 bits per heavy atom. The van der Waals surface area contributed by atoms with Crippen molar-refractivity contribution in [3.05, 3.63) is 94.3 Å². The number of hydrogen-bond donors (Lipinski definition) is 0. The Kier molecular flexibility index (Phi) is 3.74. The Balaban J connectivity index is 1.76. The first-order chi connectivity index (χ1) is 12.2. The standard InChI is InChI=1S/C20H16N4O/c1-15-4-8-18(9-5-15)23-12-10-19-22-17(13-20(25)24(19)23)7-6-16-3-2-11-21-14-16/h2-14H,1H3/b7-6+. The van der Waals surface area contributed by atoms with Crippen molar-refractivity contribution in [1.29, 1.82) is 0 Å². The molecule has 5 nitrogen and oxygen atoms in total. The molecule has 0 saturated heterocycles. The third-order valence-electron chi connectivity index (χ3n) is 3.95. The average Bonchev–Trinajstić information content (AvgIpc) is 3.06. The minimum Gasteiger partial charge on any atom is -0.267 e. The summed E-state index contributed by atoms with van der Waals surface area (Å²) in [6.07, 6.45) is 9.05. The molecule has 0 saturated carbocycles. The van der Waals surface area contributed by atoms with Crippen LogP contribution in [0.1, 0.15) is 16.8 Å². The highest BCUT2D eigenvalue weighted by Crippen LogP contribution is 2.12. The highest BCUT2D eigenvalue weighted by Gasteiger charge is 2.07. The van der Waals surface area contributed by atoms with Crippen LogP contribution < -0.4 is 5.56 Å². The van der Waals surface area contributed by atoms with Crippen LogP contribution in [-0.2, 0) is 0 Å². The molecule has 5 heteroatoms. The molecule has 4 aromatic rings. The number of pyridine rings is 1. The van der Waals surface area contributed by atoms with E-state index in [0.717, 1.165) is 11.3 Å². The second-order valence-corrected chi connectivity index (χ2v) is 5.80. The second-order valence-electron chi connectivity index (χ2n) is 5.80. The lowest BCUT2D eigenvalue weighted by atomic mass is 10.2. The van der Waals surface area contributed by atoms with Gasteiger partial charge in [-0.05, 0) is 36.8 Å². The SMILES string of the molecule is Cc1ccc(-n2ccc3nc(/C=C/c4cccnc4)cc(=O)n32)cc1. The zero-order valence-corrected chi connectivity index (χ0v) is 13.7. The zero-order valence-electron chi connectivity index (χ0n) is 13.7. The van der Waals surface area contributed by atoms with E-state index in [-0.39, 0.29) is 5.56 Å². The maximum atomic E-state index is 12.6. The summed E-state index contributed by atoms with van der Waals surface area (Å²) in [6.45, 7) is 2.03. The summed E-state index contributed by atoms with van der Waals surface area (Å²) in [5, 5.41) is 0. The fraction of sp³-hybridized carbons (Fsp3) is 0.0500. The monoisotopic (exact) mass is 328 g/mol. The van der Waals surface area contributed by atoms with Crippen molar-refractivity contribution in [2.75, 3.05) is 0 Å². The van der Waals surface area contributed by atoms with Gasteiger partial charge < -0.3 is 0 Å². The fourth-order valence-corrected chi connectivity index (χ4v) is 2.68. The van der Waals surface area contributed by atoms with Gasteiger partial charge in [0.2, 0.25) is 0 Å². The van der Waals surface area contributed by atoms with Gasteiger partial charge in [-0.25, -0.2) is 4.98 Å². The number of fused-ring (bicyclic) bond motifs is 1. The third-order valence-corrected chi connectivity index (χ3v) is 3.95. The minimum atomic E-state index is -0.124. The topological polar surface area (TPSA) is 52.2 Å². The first-order valence-corrected chi connectivity index (χ1v) is 7.97. The molecule has 0 amide bonds. The predicted molar refractivity (Wildman–Crippen MR) is 98.7 cm³/mol. The van der Waals surface area contributed by atoms with E-state index in [0.29, 0.717) is 11.3 Å². The summed E-state index contributed by atoms with van der Waals surface area (Å²) in [6, 6.07) is 15.2. The molecular weight excluding hydrogens is 312 g/mol. The lowest BCUT2D eigenvalue weighted by molar-refractivity contribution is 0.763. The van der Waals surface area contributed by atoms with Crippen molar-refractivity contribution >= 4 is 17.8 Å². The van der Waals surface area contributed by atoms with Crippen molar-refractivity contribution in [2.24, 2.45) is 0 Å². The zero-order chi connectivity index (χ0) is 17.2. The predicted octanol–water partition coefficient (Wildman–Crippen LogP) is 3.36. The molecule has 0 bridgehead atoms. The maximum absolute atomic E-state index is 12.6. The second kappa shape index (κ2) is 6.20. The van der Waals surface area contributed by atoms with Gasteiger partial charge in [-0.15, -0.1) is 0 Å². The van der Waals surface area contributed by atoms with E-state index < -0.39 is 0 Å². The number of hydrogen-bond acceptors (Lipinski definition) is 3. The molecular formula is C20H16N4O. The lowest BCUT2D eigenvalue weighted by Gasteiger charge is -2.07. The Labute approximate surface area is 144 Å². The molecule has 4 rings (SSSR count). The molecule has 0 unspecified atom stereocenters. The van der Waals surface area contributed by atoms with Crippen LogP contribution in [0, 0.1) is 6.92 Å². The largest absolute Gasteiger partial charge is 0.273 e. The van der Waals surface area contributed by atoms with Crippen LogP contribution in [0.2, 0.25) is 0 Å². The summed E-state index contributed by atoms with van der Waals surface area (Å²) < 4.78 is 3.37. The summed E-state index contributed by atoms with van der Waals surface area (Å²) in [7, 11) is 0. The van der Waals surface area contributed by atoms with Gasteiger partial charge >= 0.3 is 0 Å². The van der Waals surface area contributed by atoms with Gasteiger partial charge in [0.25, 0.3) is 5.56 Å². The highest BCUT2D eigenvalue weighted by molar-refractivity contribution is 5.68. The molecule has 1 aromatic carbocycles. The molecule has 3 heterocycles. The molecule has 0 N–H and O–H groups in total. The number of aryl methyl sites for hydroxylation is 1. The molecule has 0 fully saturated rings. The molecule has 0 atom stereocenters. The molecule has 0 radical (unpaired) electrons. The summed E-state index contributed by atoms with van der Waals surface area (Å²) in [5.41, 5.74) is 4.16. The van der Waals surface area contributed by atoms with Gasteiger partial charge in [-0.1, -0.05) is 29.8 Å². The maximum Gasteiger partial charge on any atom is 0.273 e. The van der Waals surface area contributed by atoms with E-state index in [1.165, 1.54) is 11.6 Å². The fourth-order valence-electron chi connectivity index (χ4n) is 2.68. The highest BCUT2D eigenvalue weighted by atomic mass is 16.1. The molecule has 0 aliphatic rings. The molecule has 0 aliphatic heterocycles.